The molecule has 2 aromatic rings. The summed E-state index contributed by atoms with van der Waals surface area (Å²) >= 11 is 0. The molecule has 0 bridgehead atoms. The second-order valence-corrected chi connectivity index (χ2v) is 5.09. The van der Waals surface area contributed by atoms with Gasteiger partial charge in [0.15, 0.2) is 5.78 Å². The van der Waals surface area contributed by atoms with E-state index in [0.29, 0.717) is 6.54 Å². The molecule has 2 heteroatoms. The molecule has 0 radical (unpaired) electrons. The van der Waals surface area contributed by atoms with Crippen molar-refractivity contribution in [3.05, 3.63) is 65.2 Å². The van der Waals surface area contributed by atoms with Crippen molar-refractivity contribution in [2.45, 2.75) is 20.8 Å². The maximum atomic E-state index is 12.4. The van der Waals surface area contributed by atoms with Crippen molar-refractivity contribution in [2.75, 3.05) is 18.0 Å². The summed E-state index contributed by atoms with van der Waals surface area (Å²) in [4.78, 5) is 14.5. The normalized spacial score (nSPS) is 10.3. The summed E-state index contributed by atoms with van der Waals surface area (Å²) in [7, 11) is 0. The third-order valence-electron chi connectivity index (χ3n) is 3.51. The van der Waals surface area contributed by atoms with Crippen LogP contribution in [0.3, 0.4) is 0 Å². The van der Waals surface area contributed by atoms with Crippen LogP contribution >= 0.6 is 0 Å². The predicted octanol–water partition coefficient (Wildman–Crippen LogP) is 4.01. The number of benzene rings is 2. The number of aryl methyl sites for hydroxylation is 2. The quantitative estimate of drug-likeness (QED) is 0.763. The topological polar surface area (TPSA) is 20.3 Å². The van der Waals surface area contributed by atoms with Gasteiger partial charge in [0, 0.05) is 17.8 Å². The maximum Gasteiger partial charge on any atom is 0.182 e. The van der Waals surface area contributed by atoms with Crippen LogP contribution in [0.4, 0.5) is 5.69 Å². The van der Waals surface area contributed by atoms with Crippen LogP contribution in [0.15, 0.2) is 48.5 Å². The van der Waals surface area contributed by atoms with Crippen LogP contribution in [0, 0.1) is 13.8 Å². The SMILES string of the molecule is CCN(CC(=O)c1cccc(C)c1)c1ccccc1C. The molecule has 0 fully saturated rings. The molecule has 0 saturated heterocycles. The first-order chi connectivity index (χ1) is 9.61. The fraction of sp³-hybridized carbons (Fsp3) is 0.278. The molecular weight excluding hydrogens is 246 g/mol. The molecule has 0 unspecified atom stereocenters. The molecule has 104 valence electrons. The van der Waals surface area contributed by atoms with Gasteiger partial charge < -0.3 is 4.90 Å². The van der Waals surface area contributed by atoms with Gasteiger partial charge >= 0.3 is 0 Å². The number of carbonyl (C=O) groups excluding carboxylic acids is 1. The Bertz CT molecular complexity index is 604. The van der Waals surface area contributed by atoms with Crippen LogP contribution in [0.1, 0.15) is 28.4 Å². The first kappa shape index (κ1) is 14.3. The lowest BCUT2D eigenvalue weighted by atomic mass is 10.1. The van der Waals surface area contributed by atoms with Gasteiger partial charge in [-0.2, -0.15) is 0 Å². The Morgan fingerprint density at radius 3 is 2.45 bits per heavy atom. The molecule has 0 aliphatic heterocycles. The minimum atomic E-state index is 0.166. The van der Waals surface area contributed by atoms with Crippen molar-refractivity contribution in [3.8, 4) is 0 Å². The molecule has 0 aromatic heterocycles. The molecule has 0 atom stereocenters. The molecular formula is C18H21NO. The predicted molar refractivity (Wildman–Crippen MR) is 84.6 cm³/mol. The highest BCUT2D eigenvalue weighted by Crippen LogP contribution is 2.19. The van der Waals surface area contributed by atoms with Crippen molar-refractivity contribution in [1.29, 1.82) is 0 Å². The van der Waals surface area contributed by atoms with Gasteiger partial charge in [0.1, 0.15) is 0 Å². The van der Waals surface area contributed by atoms with Crippen molar-refractivity contribution < 1.29 is 4.79 Å². The van der Waals surface area contributed by atoms with Gasteiger partial charge in [0.25, 0.3) is 0 Å². The number of Topliss-reactive ketones (excluding diaryl/α,β-unsaturated/α-hetero) is 1. The van der Waals surface area contributed by atoms with E-state index < -0.39 is 0 Å². The summed E-state index contributed by atoms with van der Waals surface area (Å²) in [5, 5.41) is 0. The Kier molecular flexibility index (Phi) is 4.57. The molecule has 0 N–H and O–H groups in total. The summed E-state index contributed by atoms with van der Waals surface area (Å²) in [5.74, 6) is 0.166. The third-order valence-corrected chi connectivity index (χ3v) is 3.51. The van der Waals surface area contributed by atoms with Crippen LogP contribution < -0.4 is 4.90 Å². The van der Waals surface area contributed by atoms with Crippen molar-refractivity contribution in [2.24, 2.45) is 0 Å². The lowest BCUT2D eigenvalue weighted by Crippen LogP contribution is -2.30. The number of anilines is 1. The highest BCUT2D eigenvalue weighted by atomic mass is 16.1. The van der Waals surface area contributed by atoms with Gasteiger partial charge in [-0.25, -0.2) is 0 Å². The van der Waals surface area contributed by atoms with E-state index >= 15 is 0 Å². The molecule has 0 spiro atoms. The molecule has 0 aliphatic carbocycles. The molecule has 0 heterocycles. The van der Waals surface area contributed by atoms with Crippen LogP contribution in [0.2, 0.25) is 0 Å². The molecule has 2 aromatic carbocycles. The average Bonchev–Trinajstić information content (AvgIpc) is 2.45. The highest BCUT2D eigenvalue weighted by molar-refractivity contribution is 5.99. The van der Waals surface area contributed by atoms with E-state index in [1.54, 1.807) is 0 Å². The minimum absolute atomic E-state index is 0.166. The van der Waals surface area contributed by atoms with Crippen LogP contribution in [-0.4, -0.2) is 18.9 Å². The third kappa shape index (κ3) is 3.27. The average molecular weight is 267 g/mol. The van der Waals surface area contributed by atoms with Gasteiger partial charge in [-0.15, -0.1) is 0 Å². The van der Waals surface area contributed by atoms with E-state index in [4.69, 9.17) is 0 Å². The highest BCUT2D eigenvalue weighted by Gasteiger charge is 2.13. The first-order valence-electron chi connectivity index (χ1n) is 7.02. The van der Waals surface area contributed by atoms with Crippen molar-refractivity contribution in [1.82, 2.24) is 0 Å². The monoisotopic (exact) mass is 267 g/mol. The number of nitrogens with zero attached hydrogens (tertiary/aromatic N) is 1. The second kappa shape index (κ2) is 6.38. The Hall–Kier alpha value is -2.09. The number of hydrogen-bond acceptors (Lipinski definition) is 2. The van der Waals surface area contributed by atoms with Crippen LogP contribution in [0.25, 0.3) is 0 Å². The Balaban J connectivity index is 2.19. The maximum absolute atomic E-state index is 12.4. The molecule has 20 heavy (non-hydrogen) atoms. The number of hydrogen-bond donors (Lipinski definition) is 0. The van der Waals surface area contributed by atoms with Crippen molar-refractivity contribution in [3.63, 3.8) is 0 Å². The minimum Gasteiger partial charge on any atom is -0.364 e. The molecule has 2 rings (SSSR count). The smallest absolute Gasteiger partial charge is 0.182 e. The lowest BCUT2D eigenvalue weighted by Gasteiger charge is -2.24. The van der Waals surface area contributed by atoms with Gasteiger partial charge in [-0.05, 0) is 38.5 Å². The fourth-order valence-electron chi connectivity index (χ4n) is 2.37. The number of likely N-dealkylation sites (N-methyl/N-ethyl adjacent to an activating group) is 1. The number of carbonyl (C=O) groups is 1. The Labute approximate surface area is 121 Å². The van der Waals surface area contributed by atoms with E-state index in [1.807, 2.05) is 43.3 Å². The van der Waals surface area contributed by atoms with Gasteiger partial charge in [0.05, 0.1) is 6.54 Å². The number of para-hydroxylation sites is 1. The molecule has 0 saturated carbocycles. The largest absolute Gasteiger partial charge is 0.364 e. The standard InChI is InChI=1S/C18H21NO/c1-4-19(17-11-6-5-9-15(17)3)13-18(20)16-10-7-8-14(2)12-16/h5-12H,4,13H2,1-3H3. The summed E-state index contributed by atoms with van der Waals surface area (Å²) in [6.07, 6.45) is 0. The molecule has 2 nitrogen and oxygen atoms in total. The van der Waals surface area contributed by atoms with Crippen molar-refractivity contribution >= 4 is 11.5 Å². The Morgan fingerprint density at radius 2 is 1.80 bits per heavy atom. The second-order valence-electron chi connectivity index (χ2n) is 5.09. The van der Waals surface area contributed by atoms with Gasteiger partial charge in [-0.3, -0.25) is 4.79 Å². The number of rotatable bonds is 5. The lowest BCUT2D eigenvalue weighted by molar-refractivity contribution is 0.0999. The first-order valence-corrected chi connectivity index (χ1v) is 7.02. The van der Waals surface area contributed by atoms with Gasteiger partial charge in [0.2, 0.25) is 0 Å². The van der Waals surface area contributed by atoms with E-state index in [0.717, 1.165) is 23.4 Å². The molecule has 0 amide bonds. The van der Waals surface area contributed by atoms with E-state index in [-0.39, 0.29) is 5.78 Å². The summed E-state index contributed by atoms with van der Waals surface area (Å²) in [6, 6.07) is 16.0. The summed E-state index contributed by atoms with van der Waals surface area (Å²) in [5.41, 5.74) is 4.24. The number of ketones is 1. The zero-order chi connectivity index (χ0) is 14.5. The zero-order valence-electron chi connectivity index (χ0n) is 12.4. The van der Waals surface area contributed by atoms with Crippen LogP contribution in [0.5, 0.6) is 0 Å². The van der Waals surface area contributed by atoms with E-state index in [2.05, 4.69) is 30.9 Å². The fourth-order valence-corrected chi connectivity index (χ4v) is 2.37. The molecule has 0 aliphatic rings. The Morgan fingerprint density at radius 1 is 1.05 bits per heavy atom. The zero-order valence-corrected chi connectivity index (χ0v) is 12.4. The van der Waals surface area contributed by atoms with E-state index in [1.165, 1.54) is 5.56 Å². The summed E-state index contributed by atoms with van der Waals surface area (Å²) < 4.78 is 0. The summed E-state index contributed by atoms with van der Waals surface area (Å²) in [6.45, 7) is 7.41. The van der Waals surface area contributed by atoms with Gasteiger partial charge in [-0.1, -0.05) is 42.0 Å². The van der Waals surface area contributed by atoms with Crippen LogP contribution in [-0.2, 0) is 0 Å². The van der Waals surface area contributed by atoms with E-state index in [9.17, 15) is 4.79 Å².